The van der Waals surface area contributed by atoms with Gasteiger partial charge >= 0.3 is 0 Å². The Morgan fingerprint density at radius 3 is 2.54 bits per heavy atom. The first-order valence-electron chi connectivity index (χ1n) is 13.5. The van der Waals surface area contributed by atoms with E-state index in [0.29, 0.717) is 33.8 Å². The van der Waals surface area contributed by atoms with Crippen LogP contribution in [-0.2, 0) is 6.54 Å². The lowest BCUT2D eigenvalue weighted by atomic mass is 9.81. The zero-order chi connectivity index (χ0) is 29.2. The Hall–Kier alpha value is -3.63. The molecule has 1 fully saturated rings. The van der Waals surface area contributed by atoms with Gasteiger partial charge in [0.05, 0.1) is 23.4 Å². The molecule has 1 aliphatic rings. The average molecular weight is 578 g/mol. The topological polar surface area (TPSA) is 89.0 Å². The van der Waals surface area contributed by atoms with Crippen LogP contribution in [0.3, 0.4) is 0 Å². The van der Waals surface area contributed by atoms with E-state index in [2.05, 4.69) is 48.3 Å². The van der Waals surface area contributed by atoms with Crippen molar-refractivity contribution in [2.24, 2.45) is 0 Å². The molecule has 7 nitrogen and oxygen atoms in total. The molecule has 1 aromatic carbocycles. The molecule has 0 atom stereocenters. The van der Waals surface area contributed by atoms with E-state index in [4.69, 9.17) is 9.72 Å². The largest absolute Gasteiger partial charge is 0.474 e. The van der Waals surface area contributed by atoms with Crippen LogP contribution in [0.1, 0.15) is 56.6 Å². The fourth-order valence-electron chi connectivity index (χ4n) is 5.49. The quantitative estimate of drug-likeness (QED) is 0.227. The zero-order valence-corrected chi connectivity index (χ0v) is 24.3. The minimum absolute atomic E-state index is 0.0153. The predicted octanol–water partition coefficient (Wildman–Crippen LogP) is 6.62. The van der Waals surface area contributed by atoms with Crippen molar-refractivity contribution in [2.75, 3.05) is 0 Å². The van der Waals surface area contributed by atoms with Gasteiger partial charge in [0, 0.05) is 63.8 Å². The van der Waals surface area contributed by atoms with Crippen LogP contribution in [0.2, 0.25) is 0 Å². The molecule has 2 N–H and O–H groups in total. The second-order valence-electron chi connectivity index (χ2n) is 11.6. The van der Waals surface area contributed by atoms with Crippen molar-refractivity contribution in [3.63, 3.8) is 0 Å². The number of piperidine rings is 1. The molecule has 4 heterocycles. The lowest BCUT2D eigenvalue weighted by Crippen LogP contribution is -2.60. The summed E-state index contributed by atoms with van der Waals surface area (Å²) in [6, 6.07) is 15.7. The van der Waals surface area contributed by atoms with Gasteiger partial charge in [-0.3, -0.25) is 9.78 Å². The summed E-state index contributed by atoms with van der Waals surface area (Å²) in [5, 5.41) is 7.34. The Morgan fingerprint density at radius 2 is 1.83 bits per heavy atom. The van der Waals surface area contributed by atoms with Gasteiger partial charge in [0.15, 0.2) is 0 Å². The van der Waals surface area contributed by atoms with Crippen LogP contribution in [0.15, 0.2) is 71.9 Å². The monoisotopic (exact) mass is 577 g/mol. The third-order valence-electron chi connectivity index (χ3n) is 6.85. The zero-order valence-electron chi connectivity index (χ0n) is 23.4. The standard InChI is InChI=1S/C31H33F2N5O2S/c1-30(2)14-23(15-31(3,4)38-30)40-27-11-9-20(17-35-27)25-10-8-21-16-34-22(13-26(21)37-25)18-36-28(39)19-6-5-7-24(12-19)41-29(32)33/h5-13,16-17,23,29,38H,14-15,18H2,1-4H3,(H,36,39). The molecule has 0 bridgehead atoms. The summed E-state index contributed by atoms with van der Waals surface area (Å²) in [6.45, 7) is 8.94. The van der Waals surface area contributed by atoms with Crippen LogP contribution < -0.4 is 15.4 Å². The molecule has 0 spiro atoms. The summed E-state index contributed by atoms with van der Waals surface area (Å²) < 4.78 is 31.6. The SMILES string of the molecule is CC1(C)CC(Oc2ccc(-c3ccc4cnc(CNC(=O)c5cccc(SC(F)F)c5)cc4n3)cn2)CC(C)(C)N1. The Morgan fingerprint density at radius 1 is 1.05 bits per heavy atom. The lowest BCUT2D eigenvalue weighted by molar-refractivity contribution is 0.0530. The Labute approximate surface area is 242 Å². The van der Waals surface area contributed by atoms with E-state index in [1.54, 1.807) is 30.6 Å². The number of alkyl halides is 2. The number of rotatable bonds is 8. The number of carbonyl (C=O) groups is 1. The number of thioether (sulfide) groups is 1. The van der Waals surface area contributed by atoms with Gasteiger partial charge in [0.2, 0.25) is 5.88 Å². The number of carbonyl (C=O) groups excluding carboxylic acids is 1. The highest BCUT2D eigenvalue weighted by Gasteiger charge is 2.38. The normalized spacial score (nSPS) is 16.6. The van der Waals surface area contributed by atoms with Gasteiger partial charge in [-0.2, -0.15) is 8.78 Å². The lowest BCUT2D eigenvalue weighted by Gasteiger charge is -2.46. The number of aromatic nitrogens is 3. The predicted molar refractivity (Wildman–Crippen MR) is 157 cm³/mol. The van der Waals surface area contributed by atoms with Crippen LogP contribution in [0.25, 0.3) is 22.2 Å². The second kappa shape index (κ2) is 11.7. The molecule has 10 heteroatoms. The third-order valence-corrected chi connectivity index (χ3v) is 7.56. The van der Waals surface area contributed by atoms with Gasteiger partial charge in [-0.15, -0.1) is 0 Å². The fourth-order valence-corrected chi connectivity index (χ4v) is 6.04. The van der Waals surface area contributed by atoms with E-state index in [1.807, 2.05) is 30.3 Å². The number of ether oxygens (including phenoxy) is 1. The number of hydrogen-bond acceptors (Lipinski definition) is 7. The van der Waals surface area contributed by atoms with E-state index < -0.39 is 5.76 Å². The summed E-state index contributed by atoms with van der Waals surface area (Å²) in [7, 11) is 0. The highest BCUT2D eigenvalue weighted by molar-refractivity contribution is 7.99. The molecule has 0 saturated carbocycles. The smallest absolute Gasteiger partial charge is 0.288 e. The van der Waals surface area contributed by atoms with Gasteiger partial charge in [0.25, 0.3) is 11.7 Å². The van der Waals surface area contributed by atoms with Crippen molar-refractivity contribution >= 4 is 28.6 Å². The molecule has 4 aromatic rings. The minimum atomic E-state index is -2.55. The van der Waals surface area contributed by atoms with Crippen molar-refractivity contribution < 1.29 is 18.3 Å². The van der Waals surface area contributed by atoms with Crippen molar-refractivity contribution in [3.8, 4) is 17.1 Å². The van der Waals surface area contributed by atoms with Crippen LogP contribution in [0, 0.1) is 0 Å². The summed E-state index contributed by atoms with van der Waals surface area (Å²) in [5.74, 6) is -2.32. The molecule has 1 saturated heterocycles. The number of halogens is 2. The molecule has 214 valence electrons. The van der Waals surface area contributed by atoms with Crippen molar-refractivity contribution in [2.45, 2.75) is 74.9 Å². The molecule has 5 rings (SSSR count). The molecule has 41 heavy (non-hydrogen) atoms. The maximum absolute atomic E-state index is 12.7. The van der Waals surface area contributed by atoms with Gasteiger partial charge in [-0.25, -0.2) is 9.97 Å². The molecule has 0 aliphatic carbocycles. The Kier molecular flexibility index (Phi) is 8.24. The van der Waals surface area contributed by atoms with Gasteiger partial charge in [-0.1, -0.05) is 17.8 Å². The number of benzene rings is 1. The maximum Gasteiger partial charge on any atom is 0.288 e. The number of fused-ring (bicyclic) bond motifs is 1. The molecular formula is C31H33F2N5O2S. The van der Waals surface area contributed by atoms with Crippen LogP contribution in [0.4, 0.5) is 8.78 Å². The van der Waals surface area contributed by atoms with Gasteiger partial charge in [-0.05, 0) is 70.2 Å². The first-order valence-corrected chi connectivity index (χ1v) is 14.3. The number of pyridine rings is 3. The number of nitrogens with one attached hydrogen (secondary N) is 2. The molecule has 1 aliphatic heterocycles. The van der Waals surface area contributed by atoms with Crippen molar-refractivity contribution in [1.29, 1.82) is 0 Å². The second-order valence-corrected chi connectivity index (χ2v) is 12.6. The van der Waals surface area contributed by atoms with Crippen LogP contribution in [-0.4, -0.2) is 43.8 Å². The van der Waals surface area contributed by atoms with E-state index in [1.165, 1.54) is 6.07 Å². The molecule has 0 unspecified atom stereocenters. The first-order chi connectivity index (χ1) is 19.4. The minimum Gasteiger partial charge on any atom is -0.474 e. The van der Waals surface area contributed by atoms with Crippen molar-refractivity contribution in [1.82, 2.24) is 25.6 Å². The summed E-state index contributed by atoms with van der Waals surface area (Å²) in [4.78, 5) is 26.7. The summed E-state index contributed by atoms with van der Waals surface area (Å²) >= 11 is 0.406. The Bertz CT molecular complexity index is 1530. The fraction of sp³-hybridized carbons (Fsp3) is 0.355. The van der Waals surface area contributed by atoms with Crippen LogP contribution in [0.5, 0.6) is 5.88 Å². The molecule has 0 radical (unpaired) electrons. The first kappa shape index (κ1) is 28.9. The average Bonchev–Trinajstić information content (AvgIpc) is 2.89. The molecule has 1 amide bonds. The van der Waals surface area contributed by atoms with Crippen molar-refractivity contribution in [3.05, 3.63) is 78.2 Å². The maximum atomic E-state index is 12.7. The Balaban J connectivity index is 1.25. The number of amides is 1. The van der Waals surface area contributed by atoms with E-state index in [9.17, 15) is 13.6 Å². The van der Waals surface area contributed by atoms with Gasteiger partial charge in [0.1, 0.15) is 6.10 Å². The van der Waals surface area contributed by atoms with Crippen LogP contribution >= 0.6 is 11.8 Å². The van der Waals surface area contributed by atoms with E-state index in [-0.39, 0.29) is 29.6 Å². The third kappa shape index (κ3) is 7.56. The summed E-state index contributed by atoms with van der Waals surface area (Å²) in [6.07, 6.45) is 5.35. The number of hydrogen-bond donors (Lipinski definition) is 2. The highest BCUT2D eigenvalue weighted by Crippen LogP contribution is 2.31. The van der Waals surface area contributed by atoms with Gasteiger partial charge < -0.3 is 15.4 Å². The number of nitrogens with zero attached hydrogens (tertiary/aromatic N) is 3. The highest BCUT2D eigenvalue weighted by atomic mass is 32.2. The molecule has 3 aromatic heterocycles. The molecular weight excluding hydrogens is 544 g/mol. The van der Waals surface area contributed by atoms with E-state index in [0.717, 1.165) is 35.0 Å². The van der Waals surface area contributed by atoms with E-state index >= 15 is 0 Å². The summed E-state index contributed by atoms with van der Waals surface area (Å²) in [5.41, 5.74) is 3.26.